The molecule has 2 amide bonds. The van der Waals surface area contributed by atoms with Crippen LogP contribution in [0, 0.1) is 5.41 Å². The predicted molar refractivity (Wildman–Crippen MR) is 54.5 cm³/mol. The maximum atomic E-state index is 10.9. The third-order valence-electron chi connectivity index (χ3n) is 1.89. The minimum Gasteiger partial charge on any atom is -0.348 e. The molecule has 0 spiro atoms. The van der Waals surface area contributed by atoms with E-state index in [0.717, 1.165) is 5.82 Å². The summed E-state index contributed by atoms with van der Waals surface area (Å²) in [5.74, 6) is 0.792. The molecule has 0 aromatic carbocycles. The van der Waals surface area contributed by atoms with Crippen molar-refractivity contribution < 1.29 is 4.79 Å². The molecule has 2 aliphatic heterocycles. The lowest BCUT2D eigenvalue weighted by Crippen LogP contribution is -2.48. The molecule has 0 aliphatic carbocycles. The summed E-state index contributed by atoms with van der Waals surface area (Å²) in [6.07, 6.45) is 3.53. The zero-order valence-corrected chi connectivity index (χ0v) is 7.87. The Morgan fingerprint density at radius 2 is 2.21 bits per heavy atom. The number of nitrogens with one attached hydrogen (secondary N) is 4. The van der Waals surface area contributed by atoms with Gasteiger partial charge in [-0.15, -0.1) is 0 Å². The number of fused-ring (bicyclic) bond motifs is 1. The highest BCUT2D eigenvalue weighted by Crippen LogP contribution is 2.06. The van der Waals surface area contributed by atoms with Gasteiger partial charge in [-0.25, -0.2) is 9.79 Å². The van der Waals surface area contributed by atoms with Gasteiger partial charge in [-0.3, -0.25) is 0 Å². The van der Waals surface area contributed by atoms with Crippen molar-refractivity contribution in [2.75, 3.05) is 0 Å². The molecule has 6 heteroatoms. The van der Waals surface area contributed by atoms with Gasteiger partial charge in [0, 0.05) is 6.21 Å². The van der Waals surface area contributed by atoms with Crippen molar-refractivity contribution in [3.8, 4) is 0 Å². The molecule has 4 N–H and O–H groups in total. The minimum atomic E-state index is -0.152. The Morgan fingerprint density at radius 1 is 1.50 bits per heavy atom. The van der Waals surface area contributed by atoms with E-state index in [4.69, 9.17) is 5.41 Å². The zero-order valence-electron chi connectivity index (χ0n) is 7.87. The van der Waals surface area contributed by atoms with Crippen LogP contribution in [0.3, 0.4) is 0 Å². The van der Waals surface area contributed by atoms with Crippen LogP contribution in [0.2, 0.25) is 0 Å². The highest BCUT2D eigenvalue weighted by molar-refractivity contribution is 5.85. The third-order valence-corrected chi connectivity index (χ3v) is 1.89. The molecule has 76 valence electrons. The third kappa shape index (κ3) is 1.90. The average Bonchev–Trinajstić information content (AvgIpc) is 2.59. The first-order valence-electron chi connectivity index (χ1n) is 4.19. The highest BCUT2D eigenvalue weighted by atomic mass is 16.2. The first-order valence-corrected chi connectivity index (χ1v) is 4.19. The zero-order chi connectivity index (χ0) is 10.6. The Hall–Kier alpha value is -1.85. The van der Waals surface area contributed by atoms with Crippen LogP contribution in [0.25, 0.3) is 0 Å². The molecule has 14 heavy (non-hydrogen) atoms. The smallest absolute Gasteiger partial charge is 0.317 e. The van der Waals surface area contributed by atoms with Crippen LogP contribution in [0.5, 0.6) is 0 Å². The van der Waals surface area contributed by atoms with Crippen LogP contribution >= 0.6 is 0 Å². The molecule has 1 fully saturated rings. The number of carbonyl (C=O) groups excluding carboxylic acids is 1. The summed E-state index contributed by atoms with van der Waals surface area (Å²) in [5, 5.41) is 14.0. The molecule has 2 unspecified atom stereocenters. The second kappa shape index (κ2) is 4.40. The van der Waals surface area contributed by atoms with Gasteiger partial charge in [0.15, 0.2) is 0 Å². The second-order valence-corrected chi connectivity index (χ2v) is 2.72. The van der Waals surface area contributed by atoms with E-state index in [1.54, 1.807) is 6.21 Å². The Morgan fingerprint density at radius 3 is 2.86 bits per heavy atom. The largest absolute Gasteiger partial charge is 0.348 e. The first-order chi connectivity index (χ1) is 6.79. The minimum absolute atomic E-state index is 0.0267. The normalized spacial score (nSPS) is 30.6. The lowest BCUT2D eigenvalue weighted by molar-refractivity contribution is 0.247. The van der Waals surface area contributed by atoms with Gasteiger partial charge in [-0.05, 0) is 19.7 Å². The number of hydrogen-bond donors (Lipinski definition) is 4. The van der Waals surface area contributed by atoms with E-state index < -0.39 is 0 Å². The average molecular weight is 195 g/mol. The van der Waals surface area contributed by atoms with Crippen molar-refractivity contribution in [3.63, 3.8) is 0 Å². The van der Waals surface area contributed by atoms with Crippen molar-refractivity contribution in [3.05, 3.63) is 11.9 Å². The Labute approximate surface area is 82.0 Å². The fraction of sp³-hybridized carbons (Fsp3) is 0.375. The topological polar surface area (TPSA) is 89.4 Å². The molecule has 2 rings (SSSR count). The van der Waals surface area contributed by atoms with E-state index in [9.17, 15) is 4.79 Å². The lowest BCUT2D eigenvalue weighted by Gasteiger charge is -2.21. The number of hydrogen-bond acceptors (Lipinski definition) is 4. The number of carbonyl (C=O) groups is 1. The van der Waals surface area contributed by atoms with Gasteiger partial charge in [0.25, 0.3) is 0 Å². The number of aliphatic imine (C=N–C) groups is 1. The Balaban J connectivity index is 0.000000461. The summed E-state index contributed by atoms with van der Waals surface area (Å²) in [4.78, 5) is 15.0. The van der Waals surface area contributed by atoms with E-state index >= 15 is 0 Å². The van der Waals surface area contributed by atoms with Crippen LogP contribution in [0.15, 0.2) is 16.9 Å². The van der Waals surface area contributed by atoms with Gasteiger partial charge in [0.1, 0.15) is 18.0 Å². The van der Waals surface area contributed by atoms with Crippen LogP contribution in [0.4, 0.5) is 4.79 Å². The van der Waals surface area contributed by atoms with Gasteiger partial charge in [-0.2, -0.15) is 0 Å². The van der Waals surface area contributed by atoms with E-state index in [1.807, 2.05) is 13.0 Å². The van der Waals surface area contributed by atoms with Gasteiger partial charge in [0.05, 0.1) is 0 Å². The summed E-state index contributed by atoms with van der Waals surface area (Å²) in [5.41, 5.74) is 0. The number of urea groups is 1. The maximum absolute atomic E-state index is 10.9. The molecule has 2 aliphatic rings. The second-order valence-electron chi connectivity index (χ2n) is 2.72. The number of amides is 2. The molecule has 0 saturated carbocycles. The molecule has 0 bridgehead atoms. The molecule has 2 heterocycles. The van der Waals surface area contributed by atoms with E-state index in [2.05, 4.69) is 27.7 Å². The SMILES string of the molecule is C/C=C1/N=CC2NC(=O)NC2N1.C=N. The summed E-state index contributed by atoms with van der Waals surface area (Å²) in [6, 6.07) is -0.178. The van der Waals surface area contributed by atoms with Crippen LogP contribution in [0.1, 0.15) is 6.92 Å². The summed E-state index contributed by atoms with van der Waals surface area (Å²) < 4.78 is 0. The van der Waals surface area contributed by atoms with Gasteiger partial charge >= 0.3 is 6.03 Å². The molecule has 2 atom stereocenters. The highest BCUT2D eigenvalue weighted by Gasteiger charge is 2.32. The number of allylic oxidation sites excluding steroid dienone is 1. The first kappa shape index (κ1) is 10.2. The van der Waals surface area contributed by atoms with E-state index in [0.29, 0.717) is 0 Å². The van der Waals surface area contributed by atoms with Crippen LogP contribution in [-0.4, -0.2) is 31.2 Å². The summed E-state index contributed by atoms with van der Waals surface area (Å²) in [7, 11) is 0. The van der Waals surface area contributed by atoms with Crippen LogP contribution in [-0.2, 0) is 0 Å². The van der Waals surface area contributed by atoms with E-state index in [1.165, 1.54) is 0 Å². The standard InChI is InChI=1S/C7H10N4O.CH3N/c1-2-5-8-3-4-6(10-5)11-7(12)9-4;1-2/h2-4,6,10H,1H3,(H2,9,11,12);2H,1H2/b5-2-;. The monoisotopic (exact) mass is 195 g/mol. The van der Waals surface area contributed by atoms with Gasteiger partial charge in [-0.1, -0.05) is 0 Å². The maximum Gasteiger partial charge on any atom is 0.317 e. The molecular weight excluding hydrogens is 182 g/mol. The fourth-order valence-electron chi connectivity index (χ4n) is 1.27. The number of nitrogens with zero attached hydrogens (tertiary/aromatic N) is 1. The van der Waals surface area contributed by atoms with Crippen molar-refractivity contribution in [2.24, 2.45) is 4.99 Å². The molecule has 0 aromatic heterocycles. The fourth-order valence-corrected chi connectivity index (χ4v) is 1.27. The summed E-state index contributed by atoms with van der Waals surface area (Å²) in [6.45, 7) is 4.39. The molecule has 6 nitrogen and oxygen atoms in total. The van der Waals surface area contributed by atoms with Crippen molar-refractivity contribution in [1.29, 1.82) is 5.41 Å². The van der Waals surface area contributed by atoms with Crippen molar-refractivity contribution >= 4 is 19.0 Å². The lowest BCUT2D eigenvalue weighted by atomic mass is 10.2. The number of rotatable bonds is 0. The van der Waals surface area contributed by atoms with Crippen LogP contribution < -0.4 is 16.0 Å². The Kier molecular flexibility index (Phi) is 3.22. The van der Waals surface area contributed by atoms with Crippen molar-refractivity contribution in [2.45, 2.75) is 19.1 Å². The molecule has 1 saturated heterocycles. The summed E-state index contributed by atoms with van der Waals surface area (Å²) >= 11 is 0. The predicted octanol–water partition coefficient (Wildman–Crippen LogP) is -0.205. The van der Waals surface area contributed by atoms with Gasteiger partial charge in [0.2, 0.25) is 0 Å². The Bertz CT molecular complexity index is 285. The molecule has 0 aromatic rings. The quantitative estimate of drug-likeness (QED) is 0.403. The molecule has 0 radical (unpaired) electrons. The molecular formula is C8H13N5O. The van der Waals surface area contributed by atoms with Gasteiger partial charge < -0.3 is 21.4 Å². The van der Waals surface area contributed by atoms with E-state index in [-0.39, 0.29) is 18.2 Å². The van der Waals surface area contributed by atoms with Crippen molar-refractivity contribution in [1.82, 2.24) is 16.0 Å².